The summed E-state index contributed by atoms with van der Waals surface area (Å²) in [6.45, 7) is 0. The van der Waals surface area contributed by atoms with Crippen LogP contribution in [0.2, 0.25) is 0 Å². The van der Waals surface area contributed by atoms with Gasteiger partial charge in [-0.25, -0.2) is 4.79 Å². The number of carbonyl (C=O) groups excluding carboxylic acids is 1. The summed E-state index contributed by atoms with van der Waals surface area (Å²) in [5.74, 6) is -64.0. The zero-order chi connectivity index (χ0) is 30.6. The predicted octanol–water partition coefficient (Wildman–Crippen LogP) is 5.86. The molecule has 0 atom stereocenters. The minimum atomic E-state index is -8.91. The highest BCUT2D eigenvalue weighted by atomic mass is 32.2. The topological polar surface area (TPSA) is 69.7 Å². The lowest BCUT2D eigenvalue weighted by atomic mass is 9.89. The highest BCUT2D eigenvalue weighted by Gasteiger charge is 2.96. The summed E-state index contributed by atoms with van der Waals surface area (Å²) >= 11 is 0. The highest BCUT2D eigenvalue weighted by molar-refractivity contribution is 7.86. The number of carbonyl (C=O) groups is 1. The summed E-state index contributed by atoms with van der Waals surface area (Å²) in [5, 5.41) is 0. The molecule has 0 amide bonds. The Kier molecular flexibility index (Phi) is 8.15. The Morgan fingerprint density at radius 1 is 0.553 bits per heavy atom. The molecule has 0 N–H and O–H groups in total. The third-order valence-electron chi connectivity index (χ3n) is 4.21. The van der Waals surface area contributed by atoms with Crippen LogP contribution in [0.25, 0.3) is 0 Å². The summed E-state index contributed by atoms with van der Waals surface area (Å²) in [4.78, 5) is 12.6. The van der Waals surface area contributed by atoms with E-state index in [2.05, 4.69) is 9.22 Å². The lowest BCUT2D eigenvalue weighted by Crippen LogP contribution is -2.75. The fourth-order valence-corrected chi connectivity index (χ4v) is 2.77. The summed E-state index contributed by atoms with van der Waals surface area (Å²) in [5.41, 5.74) is 0. The fourth-order valence-electron chi connectivity index (χ4n) is 2.05. The maximum absolute atomic E-state index is 13.6. The van der Waals surface area contributed by atoms with Crippen LogP contribution in [0, 0.1) is 0 Å². The molecule has 0 spiro atoms. The van der Waals surface area contributed by atoms with E-state index in [1.54, 1.807) is 0 Å². The Labute approximate surface area is 197 Å². The molecule has 1 aromatic carbocycles. The quantitative estimate of drug-likeness (QED) is 0.186. The Morgan fingerprint density at radius 2 is 0.895 bits per heavy atom. The maximum atomic E-state index is 13.6. The van der Waals surface area contributed by atoms with Crippen molar-refractivity contribution in [3.8, 4) is 0 Å². The summed E-state index contributed by atoms with van der Waals surface area (Å²) in [6.07, 6.45) is -7.91. The molecule has 0 fully saturated rings. The number of halogens is 17. The van der Waals surface area contributed by atoms with Gasteiger partial charge in [0.15, 0.2) is 0 Å². The second-order valence-corrected chi connectivity index (χ2v) is 8.24. The Hall–Kier alpha value is -2.59. The number of hydrogen-bond acceptors (Lipinski definition) is 5. The molecule has 0 bridgehead atoms. The summed E-state index contributed by atoms with van der Waals surface area (Å²) in [6, 6.07) is 3.95. The smallest absolute Gasteiger partial charge is 0.274 e. The van der Waals surface area contributed by atoms with Crippen molar-refractivity contribution in [3.05, 3.63) is 30.3 Å². The number of rotatable bonds is 10. The molecular weight excluding hydrogens is 615 g/mol. The Morgan fingerprint density at radius 3 is 1.26 bits per heavy atom. The third-order valence-corrected chi connectivity index (χ3v) is 5.31. The van der Waals surface area contributed by atoms with Crippen LogP contribution in [0.5, 0.6) is 0 Å². The SMILES string of the molecule is O=C(OOS(=O)(=O)c1ccccc1)C(F)(F)C(F)(F)C(F)(F)C(F)(F)C(F)(F)C(F)(F)C(F)(F)C(F)(F)F. The van der Waals surface area contributed by atoms with Crippen molar-refractivity contribution >= 4 is 16.1 Å². The highest BCUT2D eigenvalue weighted by Crippen LogP contribution is 2.64. The molecule has 5 nitrogen and oxygen atoms in total. The monoisotopic (exact) mass is 620 g/mol. The molecule has 0 aliphatic carbocycles. The van der Waals surface area contributed by atoms with Crippen molar-refractivity contribution < 1.29 is 97.1 Å². The van der Waals surface area contributed by atoms with E-state index in [-0.39, 0.29) is 0 Å². The number of benzene rings is 1. The van der Waals surface area contributed by atoms with E-state index in [0.29, 0.717) is 12.1 Å². The predicted molar refractivity (Wildman–Crippen MR) is 81.5 cm³/mol. The van der Waals surface area contributed by atoms with Crippen LogP contribution in [0.15, 0.2) is 35.2 Å². The Bertz CT molecular complexity index is 1130. The van der Waals surface area contributed by atoms with Crippen LogP contribution < -0.4 is 0 Å². The number of hydrogen-bond donors (Lipinski definition) is 0. The molecule has 1 rings (SSSR count). The third kappa shape index (κ3) is 4.70. The molecule has 0 unspecified atom stereocenters. The molecule has 1 aromatic rings. The van der Waals surface area contributed by atoms with Gasteiger partial charge in [-0.1, -0.05) is 18.2 Å². The summed E-state index contributed by atoms with van der Waals surface area (Å²) in [7, 11) is -5.56. The lowest BCUT2D eigenvalue weighted by Gasteiger charge is -2.42. The summed E-state index contributed by atoms with van der Waals surface area (Å²) < 4.78 is 249. The van der Waals surface area contributed by atoms with Gasteiger partial charge in [0.25, 0.3) is 0 Å². The van der Waals surface area contributed by atoms with Crippen LogP contribution in [0.1, 0.15) is 0 Å². The normalized spacial score (nSPS) is 15.4. The van der Waals surface area contributed by atoms with Gasteiger partial charge >= 0.3 is 63.7 Å². The van der Waals surface area contributed by atoms with Gasteiger partial charge in [-0.3, -0.25) is 4.89 Å². The first kappa shape index (κ1) is 33.4. The Balaban J connectivity index is 3.48. The second-order valence-electron chi connectivity index (χ2n) is 6.72. The second kappa shape index (κ2) is 9.26. The van der Waals surface area contributed by atoms with E-state index in [4.69, 9.17) is 0 Å². The van der Waals surface area contributed by atoms with Crippen LogP contribution in [-0.2, 0) is 24.1 Å². The average molecular weight is 620 g/mol. The van der Waals surface area contributed by atoms with E-state index < -0.39 is 68.6 Å². The molecule has 0 aliphatic heterocycles. The zero-order valence-corrected chi connectivity index (χ0v) is 17.6. The fraction of sp³-hybridized carbons (Fsp3) is 0.533. The van der Waals surface area contributed by atoms with Gasteiger partial charge in [0, 0.05) is 0 Å². The molecule has 0 saturated heterocycles. The molecular formula is C15H5F17O5S. The van der Waals surface area contributed by atoms with E-state index in [1.807, 2.05) is 0 Å². The van der Waals surface area contributed by atoms with Crippen molar-refractivity contribution in [1.29, 1.82) is 0 Å². The van der Waals surface area contributed by atoms with E-state index in [1.165, 1.54) is 0 Å². The van der Waals surface area contributed by atoms with Gasteiger partial charge in [-0.2, -0.15) is 83.1 Å². The van der Waals surface area contributed by atoms with Gasteiger partial charge in [0.1, 0.15) is 0 Å². The minimum Gasteiger partial charge on any atom is -0.274 e. The molecule has 38 heavy (non-hydrogen) atoms. The van der Waals surface area contributed by atoms with Crippen molar-refractivity contribution in [3.63, 3.8) is 0 Å². The minimum absolute atomic E-state index is 0.545. The molecule has 0 saturated carbocycles. The maximum Gasteiger partial charge on any atom is 0.460 e. The molecule has 23 heteroatoms. The van der Waals surface area contributed by atoms with Crippen molar-refractivity contribution in [1.82, 2.24) is 0 Å². The first-order valence-corrected chi connectivity index (χ1v) is 9.81. The van der Waals surface area contributed by atoms with Gasteiger partial charge < -0.3 is 0 Å². The van der Waals surface area contributed by atoms with Gasteiger partial charge in [0.05, 0.1) is 4.90 Å². The molecule has 0 aromatic heterocycles. The van der Waals surface area contributed by atoms with Crippen LogP contribution in [0.3, 0.4) is 0 Å². The first-order chi connectivity index (χ1) is 16.5. The van der Waals surface area contributed by atoms with Crippen LogP contribution >= 0.6 is 0 Å². The van der Waals surface area contributed by atoms with E-state index in [0.717, 1.165) is 18.2 Å². The van der Waals surface area contributed by atoms with Gasteiger partial charge in [-0.15, -0.1) is 0 Å². The standard InChI is InChI=1S/C15H5F17O5S/c16-8(17,7(33)36-37-38(34,35)6-4-2-1-3-5-6)9(18,19)10(20,21)11(22,23)12(24,25)13(26,27)14(28,29)15(30,31)32/h1-5H. The molecule has 0 heterocycles. The molecule has 220 valence electrons. The van der Waals surface area contributed by atoms with Crippen molar-refractivity contribution in [2.24, 2.45) is 0 Å². The van der Waals surface area contributed by atoms with E-state index >= 15 is 0 Å². The van der Waals surface area contributed by atoms with Gasteiger partial charge in [0.2, 0.25) is 0 Å². The average Bonchev–Trinajstić information content (AvgIpc) is 2.76. The first-order valence-electron chi connectivity index (χ1n) is 8.40. The molecule has 0 radical (unpaired) electrons. The molecule has 0 aliphatic rings. The van der Waals surface area contributed by atoms with Crippen molar-refractivity contribution in [2.45, 2.75) is 52.5 Å². The largest absolute Gasteiger partial charge is 0.460 e. The zero-order valence-electron chi connectivity index (χ0n) is 16.8. The van der Waals surface area contributed by atoms with Crippen molar-refractivity contribution in [2.75, 3.05) is 0 Å². The van der Waals surface area contributed by atoms with Crippen LogP contribution in [0.4, 0.5) is 74.6 Å². The number of alkyl halides is 17. The van der Waals surface area contributed by atoms with Gasteiger partial charge in [-0.05, 0) is 16.5 Å². The van der Waals surface area contributed by atoms with E-state index in [9.17, 15) is 87.8 Å². The van der Waals surface area contributed by atoms with Crippen LogP contribution in [-0.4, -0.2) is 62.0 Å². The lowest BCUT2D eigenvalue weighted by molar-refractivity contribution is -0.460.